The number of nitrogens with zero attached hydrogens (tertiary/aromatic N) is 2. The molecule has 1 atom stereocenters. The molecule has 0 aliphatic carbocycles. The van der Waals surface area contributed by atoms with Gasteiger partial charge in [-0.2, -0.15) is 0 Å². The quantitative estimate of drug-likeness (QED) is 0.905. The van der Waals surface area contributed by atoms with Crippen LogP contribution in [0.15, 0.2) is 0 Å². The number of hydrogen-bond donors (Lipinski definition) is 1. The molecule has 0 saturated carbocycles. The number of carboxylic acids is 1. The van der Waals surface area contributed by atoms with Crippen LogP contribution in [0.5, 0.6) is 0 Å². The molecule has 1 aromatic heterocycles. The zero-order valence-electron chi connectivity index (χ0n) is 12.6. The number of piperidine rings is 1. The molecule has 0 spiro atoms. The molecule has 0 amide bonds. The molecule has 1 N–H and O–H groups in total. The number of rotatable bonds is 5. The lowest BCUT2D eigenvalue weighted by atomic mass is 10.0. The smallest absolute Gasteiger partial charge is 0.347 e. The van der Waals surface area contributed by atoms with Gasteiger partial charge in [0, 0.05) is 19.0 Å². The fourth-order valence-corrected chi connectivity index (χ4v) is 3.80. The van der Waals surface area contributed by atoms with Crippen molar-refractivity contribution >= 4 is 17.3 Å². The van der Waals surface area contributed by atoms with Gasteiger partial charge in [0.05, 0.1) is 10.7 Å². The molecule has 5 heteroatoms. The van der Waals surface area contributed by atoms with Gasteiger partial charge in [-0.3, -0.25) is 0 Å². The fourth-order valence-electron chi connectivity index (χ4n) is 2.76. The van der Waals surface area contributed by atoms with Gasteiger partial charge < -0.3 is 10.0 Å². The monoisotopic (exact) mass is 296 g/mol. The Bertz CT molecular complexity index is 470. The molecule has 1 aliphatic rings. The molecule has 112 valence electrons. The molecular formula is C15H24N2O2S. The first-order valence-electron chi connectivity index (χ1n) is 7.46. The molecule has 0 radical (unpaired) electrons. The summed E-state index contributed by atoms with van der Waals surface area (Å²) in [5, 5.41) is 10.2. The SMILES string of the molecule is CC(C)c1nc(CCN2CCCCC2C)sc1C(=O)O. The van der Waals surface area contributed by atoms with E-state index in [1.807, 2.05) is 13.8 Å². The number of likely N-dealkylation sites (tertiary alicyclic amines) is 1. The number of aromatic nitrogens is 1. The minimum Gasteiger partial charge on any atom is -0.477 e. The first-order valence-corrected chi connectivity index (χ1v) is 8.27. The van der Waals surface area contributed by atoms with Crippen LogP contribution in [-0.2, 0) is 6.42 Å². The zero-order chi connectivity index (χ0) is 14.7. The lowest BCUT2D eigenvalue weighted by Crippen LogP contribution is -2.38. The molecule has 1 fully saturated rings. The zero-order valence-corrected chi connectivity index (χ0v) is 13.4. The highest BCUT2D eigenvalue weighted by Gasteiger charge is 2.21. The van der Waals surface area contributed by atoms with E-state index in [9.17, 15) is 9.90 Å². The van der Waals surface area contributed by atoms with Gasteiger partial charge in [0.1, 0.15) is 4.88 Å². The highest BCUT2D eigenvalue weighted by Crippen LogP contribution is 2.26. The Balaban J connectivity index is 2.02. The first kappa shape index (κ1) is 15.4. The van der Waals surface area contributed by atoms with E-state index < -0.39 is 5.97 Å². The maximum absolute atomic E-state index is 11.3. The average molecular weight is 296 g/mol. The second kappa shape index (κ2) is 6.68. The third-order valence-corrected chi connectivity index (χ3v) is 5.11. The van der Waals surface area contributed by atoms with Crippen molar-refractivity contribution in [3.63, 3.8) is 0 Å². The van der Waals surface area contributed by atoms with Crippen LogP contribution in [-0.4, -0.2) is 40.1 Å². The summed E-state index contributed by atoms with van der Waals surface area (Å²) in [5.74, 6) is -0.677. The van der Waals surface area contributed by atoms with Crippen LogP contribution in [0.3, 0.4) is 0 Å². The van der Waals surface area contributed by atoms with Gasteiger partial charge >= 0.3 is 5.97 Å². The van der Waals surface area contributed by atoms with Crippen LogP contribution in [0, 0.1) is 0 Å². The Labute approximate surface area is 124 Å². The number of aromatic carboxylic acids is 1. The molecule has 0 aromatic carbocycles. The van der Waals surface area contributed by atoms with Crippen LogP contribution >= 0.6 is 11.3 Å². The Morgan fingerprint density at radius 2 is 2.25 bits per heavy atom. The normalized spacial score (nSPS) is 20.5. The summed E-state index contributed by atoms with van der Waals surface area (Å²) in [4.78, 5) is 18.7. The van der Waals surface area contributed by atoms with Gasteiger partial charge in [0.2, 0.25) is 0 Å². The summed E-state index contributed by atoms with van der Waals surface area (Å²) in [6, 6.07) is 0.646. The van der Waals surface area contributed by atoms with Crippen molar-refractivity contribution < 1.29 is 9.90 Å². The predicted molar refractivity (Wildman–Crippen MR) is 81.8 cm³/mol. The molecule has 2 heterocycles. The minimum atomic E-state index is -0.844. The van der Waals surface area contributed by atoms with E-state index in [0.29, 0.717) is 10.9 Å². The Kier molecular flexibility index (Phi) is 5.16. The van der Waals surface area contributed by atoms with Gasteiger partial charge in [-0.25, -0.2) is 9.78 Å². The van der Waals surface area contributed by atoms with Gasteiger partial charge in [-0.1, -0.05) is 20.3 Å². The van der Waals surface area contributed by atoms with E-state index in [1.165, 1.54) is 30.6 Å². The summed E-state index contributed by atoms with van der Waals surface area (Å²) in [7, 11) is 0. The molecule has 1 aromatic rings. The summed E-state index contributed by atoms with van der Waals surface area (Å²) in [5.41, 5.74) is 0.740. The Hall–Kier alpha value is -0.940. The molecular weight excluding hydrogens is 272 g/mol. The lowest BCUT2D eigenvalue weighted by molar-refractivity contribution is 0.0700. The van der Waals surface area contributed by atoms with Crippen molar-refractivity contribution in [1.29, 1.82) is 0 Å². The Morgan fingerprint density at radius 1 is 1.50 bits per heavy atom. The summed E-state index contributed by atoms with van der Waals surface area (Å²) in [6.07, 6.45) is 4.74. The molecule has 1 saturated heterocycles. The first-order chi connectivity index (χ1) is 9.49. The van der Waals surface area contributed by atoms with Crippen LogP contribution in [0.2, 0.25) is 0 Å². The van der Waals surface area contributed by atoms with Crippen molar-refractivity contribution in [2.45, 2.75) is 58.4 Å². The van der Waals surface area contributed by atoms with Gasteiger partial charge in [-0.05, 0) is 32.2 Å². The topological polar surface area (TPSA) is 53.4 Å². The second-order valence-electron chi connectivity index (χ2n) is 5.91. The largest absolute Gasteiger partial charge is 0.477 e. The van der Waals surface area contributed by atoms with E-state index >= 15 is 0 Å². The van der Waals surface area contributed by atoms with E-state index in [1.54, 1.807) is 0 Å². The molecule has 0 bridgehead atoms. The van der Waals surface area contributed by atoms with Crippen LogP contribution in [0.4, 0.5) is 0 Å². The van der Waals surface area contributed by atoms with E-state index in [0.717, 1.165) is 30.2 Å². The van der Waals surface area contributed by atoms with E-state index in [4.69, 9.17) is 0 Å². The number of hydrogen-bond acceptors (Lipinski definition) is 4. The molecule has 4 nitrogen and oxygen atoms in total. The molecule has 1 aliphatic heterocycles. The van der Waals surface area contributed by atoms with Crippen LogP contribution in [0.1, 0.15) is 66.3 Å². The summed E-state index contributed by atoms with van der Waals surface area (Å²) >= 11 is 1.35. The average Bonchev–Trinajstić information content (AvgIpc) is 2.82. The van der Waals surface area contributed by atoms with Crippen molar-refractivity contribution in [1.82, 2.24) is 9.88 Å². The number of thiazole rings is 1. The summed E-state index contributed by atoms with van der Waals surface area (Å²) in [6.45, 7) is 8.43. The van der Waals surface area contributed by atoms with Crippen molar-refractivity contribution in [3.05, 3.63) is 15.6 Å². The highest BCUT2D eigenvalue weighted by atomic mass is 32.1. The van der Waals surface area contributed by atoms with Gasteiger partial charge in [0.25, 0.3) is 0 Å². The van der Waals surface area contributed by atoms with E-state index in [-0.39, 0.29) is 5.92 Å². The van der Waals surface area contributed by atoms with E-state index in [2.05, 4.69) is 16.8 Å². The minimum absolute atomic E-state index is 0.167. The number of carboxylic acid groups (broad SMARTS) is 1. The van der Waals surface area contributed by atoms with Gasteiger partial charge in [-0.15, -0.1) is 11.3 Å². The summed E-state index contributed by atoms with van der Waals surface area (Å²) < 4.78 is 0. The highest BCUT2D eigenvalue weighted by molar-refractivity contribution is 7.13. The third-order valence-electron chi connectivity index (χ3n) is 3.99. The lowest BCUT2D eigenvalue weighted by Gasteiger charge is -2.33. The number of carbonyl (C=O) groups is 1. The van der Waals surface area contributed by atoms with Crippen LogP contribution < -0.4 is 0 Å². The maximum atomic E-state index is 11.3. The fraction of sp³-hybridized carbons (Fsp3) is 0.733. The second-order valence-corrected chi connectivity index (χ2v) is 7.00. The Morgan fingerprint density at radius 3 is 2.80 bits per heavy atom. The van der Waals surface area contributed by atoms with Crippen LogP contribution in [0.25, 0.3) is 0 Å². The van der Waals surface area contributed by atoms with Crippen molar-refractivity contribution in [3.8, 4) is 0 Å². The van der Waals surface area contributed by atoms with Crippen molar-refractivity contribution in [2.75, 3.05) is 13.1 Å². The standard InChI is InChI=1S/C15H24N2O2S/c1-10(2)13-14(15(18)19)20-12(16-13)7-9-17-8-5-4-6-11(17)3/h10-11H,4-9H2,1-3H3,(H,18,19). The predicted octanol–water partition coefficient (Wildman–Crippen LogP) is 3.38. The van der Waals surface area contributed by atoms with Crippen molar-refractivity contribution in [2.24, 2.45) is 0 Å². The molecule has 2 rings (SSSR count). The molecule has 20 heavy (non-hydrogen) atoms. The maximum Gasteiger partial charge on any atom is 0.347 e. The van der Waals surface area contributed by atoms with Gasteiger partial charge in [0.15, 0.2) is 0 Å². The third kappa shape index (κ3) is 3.58. The molecule has 1 unspecified atom stereocenters.